The summed E-state index contributed by atoms with van der Waals surface area (Å²) in [4.78, 5) is 24.7. The minimum atomic E-state index is -0.726. The van der Waals surface area contributed by atoms with Crippen molar-refractivity contribution in [3.8, 4) is 0 Å². The van der Waals surface area contributed by atoms with Crippen LogP contribution < -0.4 is 5.32 Å². The first-order valence-corrected chi connectivity index (χ1v) is 5.72. The van der Waals surface area contributed by atoms with Crippen LogP contribution in [0.3, 0.4) is 0 Å². The Morgan fingerprint density at radius 3 is 2.35 bits per heavy atom. The Morgan fingerprint density at radius 1 is 1.35 bits per heavy atom. The molecule has 0 aromatic rings. The van der Waals surface area contributed by atoms with Crippen molar-refractivity contribution < 1.29 is 19.1 Å². The highest BCUT2D eigenvalue weighted by atomic mass is 16.5. The van der Waals surface area contributed by atoms with Crippen molar-refractivity contribution in [2.75, 3.05) is 20.2 Å². The third kappa shape index (κ3) is 3.98. The molecule has 3 atom stereocenters. The van der Waals surface area contributed by atoms with E-state index < -0.39 is 6.09 Å². The fourth-order valence-corrected chi connectivity index (χ4v) is 1.96. The van der Waals surface area contributed by atoms with Gasteiger partial charge in [-0.15, -0.1) is 0 Å². The van der Waals surface area contributed by atoms with E-state index in [4.69, 9.17) is 4.74 Å². The zero-order valence-electron chi connectivity index (χ0n) is 10.7. The van der Waals surface area contributed by atoms with Crippen molar-refractivity contribution in [2.45, 2.75) is 39.0 Å². The van der Waals surface area contributed by atoms with Crippen LogP contribution in [0.25, 0.3) is 0 Å². The number of hydrogen-bond donors (Lipinski definition) is 1. The molecule has 0 aliphatic carbocycles. The molecule has 1 aliphatic rings. The van der Waals surface area contributed by atoms with Gasteiger partial charge in [-0.05, 0) is 20.8 Å². The Labute approximate surface area is 101 Å². The number of carbonyl (C=O) groups is 2. The van der Waals surface area contributed by atoms with Crippen LogP contribution in [-0.4, -0.2) is 55.3 Å². The first-order chi connectivity index (χ1) is 7.93. The van der Waals surface area contributed by atoms with Crippen molar-refractivity contribution in [1.82, 2.24) is 10.2 Å². The number of methoxy groups -OCH3 is 1. The van der Waals surface area contributed by atoms with Gasteiger partial charge in [-0.2, -0.15) is 0 Å². The average molecular weight is 244 g/mol. The molecule has 1 N–H and O–H groups in total. The molecule has 2 amide bonds. The Morgan fingerprint density at radius 2 is 1.88 bits per heavy atom. The van der Waals surface area contributed by atoms with E-state index in [0.717, 1.165) is 0 Å². The van der Waals surface area contributed by atoms with Gasteiger partial charge in [0.1, 0.15) is 0 Å². The number of amides is 2. The molecular formula is C11H20N2O4. The highest BCUT2D eigenvalue weighted by molar-refractivity contribution is 5.94. The molecule has 0 radical (unpaired) electrons. The van der Waals surface area contributed by atoms with E-state index in [9.17, 15) is 9.59 Å². The predicted molar refractivity (Wildman–Crippen MR) is 61.6 cm³/mol. The summed E-state index contributed by atoms with van der Waals surface area (Å²) in [6.07, 6.45) is -0.546. The molecule has 17 heavy (non-hydrogen) atoms. The number of imide groups is 1. The van der Waals surface area contributed by atoms with Crippen LogP contribution in [-0.2, 0) is 14.3 Å². The molecular weight excluding hydrogens is 224 g/mol. The molecule has 0 aromatic carbocycles. The Bertz CT molecular complexity index is 285. The van der Waals surface area contributed by atoms with E-state index in [1.54, 1.807) is 6.92 Å². The summed E-state index contributed by atoms with van der Waals surface area (Å²) in [5, 5.41) is 2.17. The highest BCUT2D eigenvalue weighted by Crippen LogP contribution is 2.13. The van der Waals surface area contributed by atoms with Crippen molar-refractivity contribution in [3.05, 3.63) is 0 Å². The van der Waals surface area contributed by atoms with Crippen LogP contribution in [0.15, 0.2) is 0 Å². The van der Waals surface area contributed by atoms with Gasteiger partial charge in [-0.3, -0.25) is 15.0 Å². The fourth-order valence-electron chi connectivity index (χ4n) is 1.96. The molecule has 1 aliphatic heterocycles. The fraction of sp³-hybridized carbons (Fsp3) is 0.818. The Kier molecular flexibility index (Phi) is 4.89. The monoisotopic (exact) mass is 244 g/mol. The molecule has 0 aromatic heterocycles. The number of rotatable bonds is 2. The average Bonchev–Trinajstić information content (AvgIpc) is 2.26. The summed E-state index contributed by atoms with van der Waals surface area (Å²) < 4.78 is 9.97. The Balaban J connectivity index is 2.53. The second kappa shape index (κ2) is 5.97. The van der Waals surface area contributed by atoms with Gasteiger partial charge >= 0.3 is 6.09 Å². The maximum Gasteiger partial charge on any atom is 0.413 e. The van der Waals surface area contributed by atoms with E-state index in [0.29, 0.717) is 13.1 Å². The quantitative estimate of drug-likeness (QED) is 0.760. The normalized spacial score (nSPS) is 27.3. The van der Waals surface area contributed by atoms with Crippen molar-refractivity contribution in [1.29, 1.82) is 0 Å². The summed E-state index contributed by atoms with van der Waals surface area (Å²) in [6.45, 7) is 7.06. The predicted octanol–water partition coefficient (Wildman–Crippen LogP) is 0.367. The molecule has 0 spiro atoms. The first-order valence-electron chi connectivity index (χ1n) is 5.72. The summed E-state index contributed by atoms with van der Waals surface area (Å²) >= 11 is 0. The minimum Gasteiger partial charge on any atom is -0.453 e. The molecule has 98 valence electrons. The second-order valence-electron chi connectivity index (χ2n) is 4.37. The van der Waals surface area contributed by atoms with Gasteiger partial charge in [0.2, 0.25) is 5.91 Å². The van der Waals surface area contributed by atoms with E-state index in [1.165, 1.54) is 7.11 Å². The van der Waals surface area contributed by atoms with Gasteiger partial charge in [0.05, 0.1) is 25.4 Å². The molecule has 0 unspecified atom stereocenters. The summed E-state index contributed by atoms with van der Waals surface area (Å²) in [5.41, 5.74) is 0. The first kappa shape index (κ1) is 13.9. The Hall–Kier alpha value is -1.14. The van der Waals surface area contributed by atoms with Crippen LogP contribution in [0.1, 0.15) is 20.8 Å². The SMILES string of the molecule is COC(=O)NC(=O)[C@H](C)N1C[C@H](C)O[C@@H](C)C1. The number of nitrogens with one attached hydrogen (secondary N) is 1. The summed E-state index contributed by atoms with van der Waals surface area (Å²) in [7, 11) is 1.23. The second-order valence-corrected chi connectivity index (χ2v) is 4.37. The van der Waals surface area contributed by atoms with Gasteiger partial charge in [0.15, 0.2) is 0 Å². The third-order valence-corrected chi connectivity index (χ3v) is 2.79. The maximum absolute atomic E-state index is 11.7. The molecule has 1 heterocycles. The van der Waals surface area contributed by atoms with Crippen LogP contribution >= 0.6 is 0 Å². The van der Waals surface area contributed by atoms with Gasteiger partial charge in [0, 0.05) is 13.1 Å². The smallest absolute Gasteiger partial charge is 0.413 e. The molecule has 1 saturated heterocycles. The maximum atomic E-state index is 11.7. The van der Waals surface area contributed by atoms with E-state index in [2.05, 4.69) is 10.1 Å². The lowest BCUT2D eigenvalue weighted by molar-refractivity contribution is -0.131. The van der Waals surface area contributed by atoms with Crippen LogP contribution in [0.4, 0.5) is 4.79 Å². The molecule has 1 rings (SSSR count). The highest BCUT2D eigenvalue weighted by Gasteiger charge is 2.29. The zero-order chi connectivity index (χ0) is 13.0. The largest absolute Gasteiger partial charge is 0.453 e. The van der Waals surface area contributed by atoms with Crippen molar-refractivity contribution in [3.63, 3.8) is 0 Å². The van der Waals surface area contributed by atoms with Gasteiger partial charge in [-0.25, -0.2) is 4.79 Å². The van der Waals surface area contributed by atoms with Gasteiger partial charge in [-0.1, -0.05) is 0 Å². The number of nitrogens with zero attached hydrogens (tertiary/aromatic N) is 1. The number of hydrogen-bond acceptors (Lipinski definition) is 5. The van der Waals surface area contributed by atoms with E-state index in [1.807, 2.05) is 18.7 Å². The lowest BCUT2D eigenvalue weighted by atomic mass is 10.1. The van der Waals surface area contributed by atoms with Crippen molar-refractivity contribution in [2.24, 2.45) is 0 Å². The topological polar surface area (TPSA) is 67.9 Å². The minimum absolute atomic E-state index is 0.0899. The zero-order valence-corrected chi connectivity index (χ0v) is 10.7. The van der Waals surface area contributed by atoms with Gasteiger partial charge < -0.3 is 9.47 Å². The molecule has 0 bridgehead atoms. The lowest BCUT2D eigenvalue weighted by Crippen LogP contribution is -2.54. The van der Waals surface area contributed by atoms with Gasteiger partial charge in [0.25, 0.3) is 0 Å². The van der Waals surface area contributed by atoms with E-state index >= 15 is 0 Å². The number of alkyl carbamates (subject to hydrolysis) is 1. The molecule has 6 heteroatoms. The lowest BCUT2D eigenvalue weighted by Gasteiger charge is -2.38. The summed E-state index contributed by atoms with van der Waals surface area (Å²) in [5.74, 6) is -0.349. The van der Waals surface area contributed by atoms with Crippen molar-refractivity contribution >= 4 is 12.0 Å². The van der Waals surface area contributed by atoms with Crippen LogP contribution in [0, 0.1) is 0 Å². The summed E-state index contributed by atoms with van der Waals surface area (Å²) in [6, 6.07) is -0.372. The number of carbonyl (C=O) groups excluding carboxylic acids is 2. The molecule has 1 fully saturated rings. The van der Waals surface area contributed by atoms with Crippen LogP contribution in [0.5, 0.6) is 0 Å². The molecule has 0 saturated carbocycles. The number of ether oxygens (including phenoxy) is 2. The molecule has 6 nitrogen and oxygen atoms in total. The van der Waals surface area contributed by atoms with E-state index in [-0.39, 0.29) is 24.2 Å². The van der Waals surface area contributed by atoms with Crippen LogP contribution in [0.2, 0.25) is 0 Å². The third-order valence-electron chi connectivity index (χ3n) is 2.79. The standard InChI is InChI=1S/C11H20N2O4/c1-7-5-13(6-8(2)17-7)9(3)10(14)12-11(15)16-4/h7-9H,5-6H2,1-4H3,(H,12,14,15)/t7-,8-,9-/m0/s1. The number of morpholine rings is 1.